The Balaban J connectivity index is 3.02. The predicted molar refractivity (Wildman–Crippen MR) is 68.2 cm³/mol. The van der Waals surface area contributed by atoms with Crippen LogP contribution in [0.1, 0.15) is 39.2 Å². The first kappa shape index (κ1) is 12.4. The van der Waals surface area contributed by atoms with Crippen LogP contribution in [0.15, 0.2) is 18.2 Å². The van der Waals surface area contributed by atoms with E-state index in [0.717, 1.165) is 18.5 Å². The van der Waals surface area contributed by atoms with Crippen molar-refractivity contribution in [1.29, 1.82) is 5.26 Å². The second kappa shape index (κ2) is 4.89. The number of nitrogens with two attached hydrogens (primary N) is 1. The zero-order chi connectivity index (χ0) is 12.2. The topological polar surface area (TPSA) is 61.8 Å². The van der Waals surface area contributed by atoms with E-state index in [1.54, 1.807) is 6.07 Å². The molecule has 0 atom stereocenters. The summed E-state index contributed by atoms with van der Waals surface area (Å²) in [5, 5.41) is 12.5. The molecule has 1 aromatic rings. The monoisotopic (exact) mass is 217 g/mol. The van der Waals surface area contributed by atoms with Crippen LogP contribution in [0.5, 0.6) is 0 Å². The quantitative estimate of drug-likeness (QED) is 0.762. The molecular weight excluding hydrogens is 198 g/mol. The standard InChI is InChI=1S/C13H19N3/c1-4-13(3,5-2)16-12-7-6-11(15)8-10(12)9-14/h6-8,16H,4-5,15H2,1-3H3. The summed E-state index contributed by atoms with van der Waals surface area (Å²) in [7, 11) is 0. The van der Waals surface area contributed by atoms with Crippen molar-refractivity contribution in [1.82, 2.24) is 0 Å². The van der Waals surface area contributed by atoms with Gasteiger partial charge in [-0.15, -0.1) is 0 Å². The minimum Gasteiger partial charge on any atom is -0.399 e. The highest BCUT2D eigenvalue weighted by atomic mass is 15.0. The second-order valence-electron chi connectivity index (χ2n) is 4.31. The van der Waals surface area contributed by atoms with E-state index in [4.69, 9.17) is 11.0 Å². The van der Waals surface area contributed by atoms with E-state index in [1.165, 1.54) is 0 Å². The summed E-state index contributed by atoms with van der Waals surface area (Å²) < 4.78 is 0. The summed E-state index contributed by atoms with van der Waals surface area (Å²) in [5.41, 5.74) is 7.77. The van der Waals surface area contributed by atoms with Crippen molar-refractivity contribution in [2.24, 2.45) is 0 Å². The lowest BCUT2D eigenvalue weighted by Gasteiger charge is -2.30. The number of anilines is 2. The van der Waals surface area contributed by atoms with Crippen LogP contribution in [0.25, 0.3) is 0 Å². The summed E-state index contributed by atoms with van der Waals surface area (Å²) in [6.45, 7) is 6.43. The van der Waals surface area contributed by atoms with E-state index in [0.29, 0.717) is 11.3 Å². The molecule has 0 amide bonds. The molecule has 16 heavy (non-hydrogen) atoms. The van der Waals surface area contributed by atoms with Gasteiger partial charge in [0.15, 0.2) is 0 Å². The van der Waals surface area contributed by atoms with Crippen molar-refractivity contribution in [3.63, 3.8) is 0 Å². The number of hydrogen-bond donors (Lipinski definition) is 2. The van der Waals surface area contributed by atoms with Gasteiger partial charge >= 0.3 is 0 Å². The fourth-order valence-corrected chi connectivity index (χ4v) is 1.52. The first-order chi connectivity index (χ1) is 7.54. The minimum absolute atomic E-state index is 0.0295. The van der Waals surface area contributed by atoms with Gasteiger partial charge < -0.3 is 11.1 Å². The van der Waals surface area contributed by atoms with E-state index in [-0.39, 0.29) is 5.54 Å². The molecule has 1 rings (SSSR count). The first-order valence-electron chi connectivity index (χ1n) is 5.62. The molecule has 3 heteroatoms. The molecule has 0 fully saturated rings. The average molecular weight is 217 g/mol. The van der Waals surface area contributed by atoms with Crippen LogP contribution in [-0.4, -0.2) is 5.54 Å². The molecule has 0 spiro atoms. The minimum atomic E-state index is 0.0295. The maximum Gasteiger partial charge on any atom is 0.101 e. The van der Waals surface area contributed by atoms with E-state index in [1.807, 2.05) is 12.1 Å². The Morgan fingerprint density at radius 3 is 2.50 bits per heavy atom. The van der Waals surface area contributed by atoms with Gasteiger partial charge in [-0.05, 0) is 38.0 Å². The Morgan fingerprint density at radius 2 is 2.00 bits per heavy atom. The number of nitrogen functional groups attached to an aromatic ring is 1. The molecule has 3 N–H and O–H groups in total. The molecule has 0 unspecified atom stereocenters. The summed E-state index contributed by atoms with van der Waals surface area (Å²) in [6, 6.07) is 7.55. The van der Waals surface area contributed by atoms with Gasteiger partial charge in [-0.25, -0.2) is 0 Å². The number of nitrogens with zero attached hydrogens (tertiary/aromatic N) is 1. The Kier molecular flexibility index (Phi) is 3.78. The normalized spacial score (nSPS) is 10.9. The maximum absolute atomic E-state index is 9.04. The predicted octanol–water partition coefficient (Wildman–Crippen LogP) is 3.13. The number of hydrogen-bond acceptors (Lipinski definition) is 3. The van der Waals surface area contributed by atoms with Gasteiger partial charge in [0.2, 0.25) is 0 Å². The highest BCUT2D eigenvalue weighted by Crippen LogP contribution is 2.25. The molecule has 1 aromatic carbocycles. The summed E-state index contributed by atoms with van der Waals surface area (Å²) in [4.78, 5) is 0. The molecule has 0 heterocycles. The Hall–Kier alpha value is -1.69. The van der Waals surface area contributed by atoms with E-state index in [2.05, 4.69) is 32.2 Å². The van der Waals surface area contributed by atoms with Gasteiger partial charge in [0.1, 0.15) is 6.07 Å². The smallest absolute Gasteiger partial charge is 0.101 e. The zero-order valence-corrected chi connectivity index (χ0v) is 10.2. The third-order valence-corrected chi connectivity index (χ3v) is 3.16. The van der Waals surface area contributed by atoms with Gasteiger partial charge in [0, 0.05) is 11.2 Å². The van der Waals surface area contributed by atoms with Crippen LogP contribution in [-0.2, 0) is 0 Å². The summed E-state index contributed by atoms with van der Waals surface area (Å²) >= 11 is 0. The van der Waals surface area contributed by atoms with Crippen molar-refractivity contribution in [3.8, 4) is 6.07 Å². The maximum atomic E-state index is 9.04. The number of nitriles is 1. The zero-order valence-electron chi connectivity index (χ0n) is 10.2. The van der Waals surface area contributed by atoms with Gasteiger partial charge in [-0.1, -0.05) is 13.8 Å². The molecule has 0 aliphatic rings. The summed E-state index contributed by atoms with van der Waals surface area (Å²) in [5.74, 6) is 0. The fourth-order valence-electron chi connectivity index (χ4n) is 1.52. The van der Waals surface area contributed by atoms with Gasteiger partial charge in [0.05, 0.1) is 11.3 Å². The van der Waals surface area contributed by atoms with E-state index >= 15 is 0 Å². The lowest BCUT2D eigenvalue weighted by atomic mass is 9.94. The number of rotatable bonds is 4. The largest absolute Gasteiger partial charge is 0.399 e. The third kappa shape index (κ3) is 2.66. The molecule has 0 saturated carbocycles. The van der Waals surface area contributed by atoms with Crippen LogP contribution in [0.2, 0.25) is 0 Å². The first-order valence-corrected chi connectivity index (χ1v) is 5.62. The van der Waals surface area contributed by atoms with Crippen molar-refractivity contribution in [2.45, 2.75) is 39.2 Å². The Bertz CT molecular complexity index is 400. The third-order valence-electron chi connectivity index (χ3n) is 3.16. The SMILES string of the molecule is CCC(C)(CC)Nc1ccc(N)cc1C#N. The number of nitrogens with one attached hydrogen (secondary N) is 1. The van der Waals surface area contributed by atoms with Crippen LogP contribution in [0.3, 0.4) is 0 Å². The van der Waals surface area contributed by atoms with E-state index < -0.39 is 0 Å². The van der Waals surface area contributed by atoms with Crippen molar-refractivity contribution >= 4 is 11.4 Å². The van der Waals surface area contributed by atoms with Crippen molar-refractivity contribution in [2.75, 3.05) is 11.1 Å². The Labute approximate surface area is 97.3 Å². The van der Waals surface area contributed by atoms with Gasteiger partial charge in [-0.3, -0.25) is 0 Å². The van der Waals surface area contributed by atoms with Crippen molar-refractivity contribution in [3.05, 3.63) is 23.8 Å². The molecule has 86 valence electrons. The van der Waals surface area contributed by atoms with Gasteiger partial charge in [0.25, 0.3) is 0 Å². The Morgan fingerprint density at radius 1 is 1.38 bits per heavy atom. The summed E-state index contributed by atoms with van der Waals surface area (Å²) in [6.07, 6.45) is 2.03. The van der Waals surface area contributed by atoms with Gasteiger partial charge in [-0.2, -0.15) is 5.26 Å². The molecule has 0 bridgehead atoms. The fraction of sp³-hybridized carbons (Fsp3) is 0.462. The highest BCUT2D eigenvalue weighted by molar-refractivity contribution is 5.63. The van der Waals surface area contributed by atoms with Crippen LogP contribution < -0.4 is 11.1 Å². The van der Waals surface area contributed by atoms with Crippen LogP contribution in [0, 0.1) is 11.3 Å². The average Bonchev–Trinajstić information content (AvgIpc) is 2.31. The lowest BCUT2D eigenvalue weighted by molar-refractivity contribution is 0.478. The molecule has 0 aliphatic carbocycles. The lowest BCUT2D eigenvalue weighted by Crippen LogP contribution is -2.33. The molecular formula is C13H19N3. The van der Waals surface area contributed by atoms with Crippen molar-refractivity contribution < 1.29 is 0 Å². The number of benzene rings is 1. The van der Waals surface area contributed by atoms with Crippen LogP contribution >= 0.6 is 0 Å². The molecule has 0 aliphatic heterocycles. The highest BCUT2D eigenvalue weighted by Gasteiger charge is 2.20. The second-order valence-corrected chi connectivity index (χ2v) is 4.31. The molecule has 0 saturated heterocycles. The van der Waals surface area contributed by atoms with E-state index in [9.17, 15) is 0 Å². The molecule has 0 aromatic heterocycles. The van der Waals surface area contributed by atoms with Crippen LogP contribution in [0.4, 0.5) is 11.4 Å². The molecule has 0 radical (unpaired) electrons. The molecule has 3 nitrogen and oxygen atoms in total.